The molecule has 1 aliphatic rings. The Morgan fingerprint density at radius 2 is 1.62 bits per heavy atom. The van der Waals surface area contributed by atoms with Crippen LogP contribution in [0, 0.1) is 0 Å². The van der Waals surface area contributed by atoms with Gasteiger partial charge in [0.25, 0.3) is 11.8 Å². The third-order valence-corrected chi connectivity index (χ3v) is 5.61. The van der Waals surface area contributed by atoms with Crippen molar-refractivity contribution < 1.29 is 23.8 Å². The van der Waals surface area contributed by atoms with Crippen LogP contribution < -0.4 is 24.4 Å². The van der Waals surface area contributed by atoms with Gasteiger partial charge in [0.1, 0.15) is 22.8 Å². The lowest BCUT2D eigenvalue weighted by molar-refractivity contribution is -0.122. The van der Waals surface area contributed by atoms with Crippen molar-refractivity contribution in [2.45, 2.75) is 13.8 Å². The largest absolute Gasteiger partial charge is 0.497 e. The Morgan fingerprint density at radius 1 is 0.941 bits per heavy atom. The van der Waals surface area contributed by atoms with Crippen molar-refractivity contribution in [2.75, 3.05) is 25.2 Å². The molecule has 4 rings (SSSR count). The van der Waals surface area contributed by atoms with E-state index in [1.54, 1.807) is 37.5 Å². The fourth-order valence-corrected chi connectivity index (χ4v) is 4.04. The topological polar surface area (TPSA) is 77.1 Å². The molecule has 0 saturated carbocycles. The zero-order chi connectivity index (χ0) is 24.2. The van der Waals surface area contributed by atoms with Gasteiger partial charge in [0, 0.05) is 5.56 Å². The van der Waals surface area contributed by atoms with Crippen LogP contribution in [0.2, 0.25) is 0 Å². The molecule has 7 nitrogen and oxygen atoms in total. The molecular formula is C26H24N2O5S. The van der Waals surface area contributed by atoms with E-state index in [2.05, 4.69) is 5.32 Å². The summed E-state index contributed by atoms with van der Waals surface area (Å²) >= 11 is 5.31. The first-order valence-corrected chi connectivity index (χ1v) is 11.3. The van der Waals surface area contributed by atoms with Crippen LogP contribution in [-0.2, 0) is 9.59 Å². The van der Waals surface area contributed by atoms with Crippen LogP contribution in [0.25, 0.3) is 16.8 Å². The number of ether oxygens (including phenoxy) is 3. The number of methoxy groups -OCH3 is 1. The van der Waals surface area contributed by atoms with Crippen LogP contribution in [0.3, 0.4) is 0 Å². The zero-order valence-electron chi connectivity index (χ0n) is 19.1. The summed E-state index contributed by atoms with van der Waals surface area (Å²) in [4.78, 5) is 27.7. The quantitative estimate of drug-likeness (QED) is 0.308. The summed E-state index contributed by atoms with van der Waals surface area (Å²) in [6, 6.07) is 16.3. The standard InChI is InChI=1S/C26H24N2O5S/c1-4-32-19-10-6-16-7-13-23(33-5-2)21(20(16)14-19)15-22-24(29)27-26(34)28(25(22)30)17-8-11-18(31-3)12-9-17/h6-15H,4-5H2,1-3H3,(H,27,29,34)/b22-15+. The highest BCUT2D eigenvalue weighted by Crippen LogP contribution is 2.34. The summed E-state index contributed by atoms with van der Waals surface area (Å²) in [6.07, 6.45) is 1.55. The van der Waals surface area contributed by atoms with E-state index in [0.29, 0.717) is 41.7 Å². The summed E-state index contributed by atoms with van der Waals surface area (Å²) in [5.41, 5.74) is 1.07. The van der Waals surface area contributed by atoms with Gasteiger partial charge in [-0.3, -0.25) is 19.8 Å². The Bertz CT molecular complexity index is 1300. The Kier molecular flexibility index (Phi) is 6.79. The van der Waals surface area contributed by atoms with Gasteiger partial charge < -0.3 is 14.2 Å². The number of thiocarbonyl (C=S) groups is 1. The zero-order valence-corrected chi connectivity index (χ0v) is 19.9. The van der Waals surface area contributed by atoms with Crippen molar-refractivity contribution in [1.29, 1.82) is 0 Å². The van der Waals surface area contributed by atoms with Gasteiger partial charge in [0.05, 0.1) is 26.0 Å². The van der Waals surface area contributed by atoms with Crippen molar-refractivity contribution in [1.82, 2.24) is 5.32 Å². The highest BCUT2D eigenvalue weighted by Gasteiger charge is 2.35. The summed E-state index contributed by atoms with van der Waals surface area (Å²) < 4.78 is 16.7. The summed E-state index contributed by atoms with van der Waals surface area (Å²) in [6.45, 7) is 4.72. The molecule has 0 aromatic heterocycles. The number of rotatable bonds is 7. The van der Waals surface area contributed by atoms with E-state index in [-0.39, 0.29) is 10.7 Å². The van der Waals surface area contributed by atoms with Gasteiger partial charge in [-0.15, -0.1) is 0 Å². The molecule has 3 aromatic carbocycles. The minimum Gasteiger partial charge on any atom is -0.497 e. The third-order valence-electron chi connectivity index (χ3n) is 5.33. The number of benzene rings is 3. The molecule has 0 radical (unpaired) electrons. The Labute approximate surface area is 202 Å². The van der Waals surface area contributed by atoms with E-state index in [1.165, 1.54) is 4.90 Å². The van der Waals surface area contributed by atoms with Gasteiger partial charge in [-0.25, -0.2) is 0 Å². The maximum absolute atomic E-state index is 13.5. The van der Waals surface area contributed by atoms with E-state index in [1.807, 2.05) is 44.2 Å². The first-order valence-electron chi connectivity index (χ1n) is 10.8. The van der Waals surface area contributed by atoms with Crippen molar-refractivity contribution in [2.24, 2.45) is 0 Å². The number of amides is 2. The molecule has 174 valence electrons. The van der Waals surface area contributed by atoms with Crippen LogP contribution in [0.4, 0.5) is 5.69 Å². The van der Waals surface area contributed by atoms with Gasteiger partial charge in [0.2, 0.25) is 0 Å². The van der Waals surface area contributed by atoms with Crippen LogP contribution >= 0.6 is 12.2 Å². The molecule has 2 amide bonds. The van der Waals surface area contributed by atoms with Gasteiger partial charge in [-0.1, -0.05) is 12.1 Å². The molecule has 0 bridgehead atoms. The molecule has 0 spiro atoms. The number of hydrogen-bond acceptors (Lipinski definition) is 6. The van der Waals surface area contributed by atoms with Crippen molar-refractivity contribution in [3.8, 4) is 17.2 Å². The number of nitrogens with one attached hydrogen (secondary N) is 1. The molecule has 0 aliphatic carbocycles. The fourth-order valence-electron chi connectivity index (χ4n) is 3.76. The molecule has 8 heteroatoms. The average molecular weight is 477 g/mol. The number of nitrogens with zero attached hydrogens (tertiary/aromatic N) is 1. The van der Waals surface area contributed by atoms with Gasteiger partial charge in [-0.2, -0.15) is 0 Å². The van der Waals surface area contributed by atoms with E-state index >= 15 is 0 Å². The van der Waals surface area contributed by atoms with Crippen LogP contribution in [-0.4, -0.2) is 37.3 Å². The van der Waals surface area contributed by atoms with Crippen LogP contribution in [0.5, 0.6) is 17.2 Å². The molecular weight excluding hydrogens is 452 g/mol. The molecule has 3 aromatic rings. The summed E-state index contributed by atoms with van der Waals surface area (Å²) in [5, 5.41) is 4.36. The second kappa shape index (κ2) is 9.93. The van der Waals surface area contributed by atoms with Gasteiger partial charge >= 0.3 is 0 Å². The smallest absolute Gasteiger partial charge is 0.270 e. The number of hydrogen-bond donors (Lipinski definition) is 1. The molecule has 1 fully saturated rings. The second-order valence-corrected chi connectivity index (χ2v) is 7.77. The monoisotopic (exact) mass is 476 g/mol. The second-order valence-electron chi connectivity index (χ2n) is 7.38. The molecule has 1 heterocycles. The predicted molar refractivity (Wildman–Crippen MR) is 135 cm³/mol. The molecule has 1 saturated heterocycles. The molecule has 1 aliphatic heterocycles. The molecule has 0 unspecified atom stereocenters. The van der Waals surface area contributed by atoms with Gasteiger partial charge in [0.15, 0.2) is 5.11 Å². The van der Waals surface area contributed by atoms with Crippen molar-refractivity contribution in [3.63, 3.8) is 0 Å². The minimum absolute atomic E-state index is 0.0129. The van der Waals surface area contributed by atoms with E-state index in [0.717, 1.165) is 10.8 Å². The normalized spacial score (nSPS) is 15.0. The lowest BCUT2D eigenvalue weighted by Gasteiger charge is -2.29. The summed E-state index contributed by atoms with van der Waals surface area (Å²) in [7, 11) is 1.56. The number of fused-ring (bicyclic) bond motifs is 1. The molecule has 34 heavy (non-hydrogen) atoms. The lowest BCUT2D eigenvalue weighted by atomic mass is 9.99. The predicted octanol–water partition coefficient (Wildman–Crippen LogP) is 4.48. The number of anilines is 1. The highest BCUT2D eigenvalue weighted by atomic mass is 32.1. The molecule has 1 N–H and O–H groups in total. The first kappa shape index (κ1) is 23.3. The Balaban J connectivity index is 1.85. The SMILES string of the molecule is CCOc1ccc2ccc(OCC)c(/C=C3\C(=O)NC(=S)N(c4ccc(OC)cc4)C3=O)c2c1. The van der Waals surface area contributed by atoms with Crippen molar-refractivity contribution in [3.05, 3.63) is 65.7 Å². The van der Waals surface area contributed by atoms with E-state index in [9.17, 15) is 9.59 Å². The number of carbonyl (C=O) groups excluding carboxylic acids is 2. The fraction of sp³-hybridized carbons (Fsp3) is 0.192. The first-order chi connectivity index (χ1) is 16.5. The van der Waals surface area contributed by atoms with Crippen LogP contribution in [0.15, 0.2) is 60.2 Å². The van der Waals surface area contributed by atoms with E-state index in [4.69, 9.17) is 26.4 Å². The Morgan fingerprint density at radius 3 is 2.29 bits per heavy atom. The summed E-state index contributed by atoms with van der Waals surface area (Å²) in [5.74, 6) is 0.783. The van der Waals surface area contributed by atoms with Crippen LogP contribution in [0.1, 0.15) is 19.4 Å². The van der Waals surface area contributed by atoms with Crippen molar-refractivity contribution >= 4 is 51.7 Å². The van der Waals surface area contributed by atoms with E-state index < -0.39 is 11.8 Å². The van der Waals surface area contributed by atoms with Gasteiger partial charge in [-0.05, 0) is 85.4 Å². The molecule has 0 atom stereocenters. The maximum Gasteiger partial charge on any atom is 0.270 e. The third kappa shape index (κ3) is 4.45. The maximum atomic E-state index is 13.5. The minimum atomic E-state index is -0.569. The number of carbonyl (C=O) groups is 2. The Hall–Kier alpha value is -3.91. The highest BCUT2D eigenvalue weighted by molar-refractivity contribution is 7.80. The average Bonchev–Trinajstić information content (AvgIpc) is 2.83. The lowest BCUT2D eigenvalue weighted by Crippen LogP contribution is -2.54.